The highest BCUT2D eigenvalue weighted by Crippen LogP contribution is 2.41. The van der Waals surface area contributed by atoms with Crippen LogP contribution in [0.1, 0.15) is 35.1 Å². The van der Waals surface area contributed by atoms with Crippen molar-refractivity contribution in [2.24, 2.45) is 16.6 Å². The third-order valence-electron chi connectivity index (χ3n) is 5.67. The number of ether oxygens (including phenoxy) is 1. The van der Waals surface area contributed by atoms with E-state index in [1.165, 1.54) is 43.4 Å². The van der Waals surface area contributed by atoms with Crippen molar-refractivity contribution in [3.05, 3.63) is 64.5 Å². The quantitative estimate of drug-likeness (QED) is 0.529. The summed E-state index contributed by atoms with van der Waals surface area (Å²) in [6, 6.07) is 8.07. The Kier molecular flexibility index (Phi) is 6.02. The molecule has 1 amide bonds. The standard InChI is InChI=1S/C24H21F4N3O2/c1-31-21(32)24(30-23(31)29,17-6-8-19(26)15(12-17)5-4-14-2-3-14)18-7-9-20(33-22(27)28)16(13-18)10-11-25/h6-9,12-14,22H,2-3,10-11H2,1H3,(H2,29,30)/t24-/m0/s1. The lowest BCUT2D eigenvalue weighted by molar-refractivity contribution is -0.129. The molecule has 9 heteroatoms. The first-order valence-electron chi connectivity index (χ1n) is 10.4. The molecule has 0 bridgehead atoms. The first-order valence-corrected chi connectivity index (χ1v) is 10.4. The lowest BCUT2D eigenvalue weighted by Gasteiger charge is -2.27. The van der Waals surface area contributed by atoms with E-state index in [1.807, 2.05) is 0 Å². The van der Waals surface area contributed by atoms with Crippen molar-refractivity contribution >= 4 is 11.9 Å². The summed E-state index contributed by atoms with van der Waals surface area (Å²) in [4.78, 5) is 19.0. The number of aryl methyl sites for hydroxylation is 1. The van der Waals surface area contributed by atoms with E-state index in [4.69, 9.17) is 5.73 Å². The van der Waals surface area contributed by atoms with Gasteiger partial charge in [0.05, 0.1) is 12.2 Å². The molecule has 1 aliphatic carbocycles. The fourth-order valence-corrected chi connectivity index (χ4v) is 3.75. The zero-order valence-corrected chi connectivity index (χ0v) is 17.7. The lowest BCUT2D eigenvalue weighted by atomic mass is 9.81. The number of hydrogen-bond donors (Lipinski definition) is 1. The van der Waals surface area contributed by atoms with Crippen LogP contribution in [0.4, 0.5) is 17.6 Å². The van der Waals surface area contributed by atoms with Crippen LogP contribution in [0.3, 0.4) is 0 Å². The number of nitrogens with two attached hydrogens (primary N) is 1. The van der Waals surface area contributed by atoms with Gasteiger partial charge in [-0.1, -0.05) is 24.0 Å². The number of carbonyl (C=O) groups excluding carboxylic acids is 1. The second-order valence-electron chi connectivity index (χ2n) is 7.92. The van der Waals surface area contributed by atoms with Crippen molar-refractivity contribution in [3.63, 3.8) is 0 Å². The number of nitrogens with zero attached hydrogens (tertiary/aromatic N) is 2. The van der Waals surface area contributed by atoms with E-state index >= 15 is 0 Å². The minimum Gasteiger partial charge on any atom is -0.435 e. The molecule has 2 aliphatic rings. The maximum absolute atomic E-state index is 14.5. The van der Waals surface area contributed by atoms with Crippen molar-refractivity contribution in [3.8, 4) is 17.6 Å². The minimum atomic E-state index is -3.10. The number of rotatable bonds is 6. The van der Waals surface area contributed by atoms with Gasteiger partial charge >= 0.3 is 6.61 Å². The monoisotopic (exact) mass is 459 g/mol. The Morgan fingerprint density at radius 3 is 2.55 bits per heavy atom. The fraction of sp³-hybridized carbons (Fsp3) is 0.333. The smallest absolute Gasteiger partial charge is 0.387 e. The van der Waals surface area contributed by atoms with E-state index in [9.17, 15) is 22.4 Å². The Bertz CT molecular complexity index is 1180. The van der Waals surface area contributed by atoms with Gasteiger partial charge in [0.15, 0.2) is 11.5 Å². The molecule has 0 radical (unpaired) electrons. The molecule has 1 fully saturated rings. The normalized spacial score (nSPS) is 20.0. The van der Waals surface area contributed by atoms with Crippen LogP contribution in [0, 0.1) is 23.6 Å². The molecule has 33 heavy (non-hydrogen) atoms. The summed E-state index contributed by atoms with van der Waals surface area (Å²) in [6.45, 7) is -3.92. The number of carbonyl (C=O) groups is 1. The van der Waals surface area contributed by atoms with Crippen LogP contribution >= 0.6 is 0 Å². The van der Waals surface area contributed by atoms with Crippen LogP contribution in [0.2, 0.25) is 0 Å². The molecule has 2 aromatic rings. The molecule has 4 rings (SSSR count). The lowest BCUT2D eigenvalue weighted by Crippen LogP contribution is -2.41. The molecular weight excluding hydrogens is 438 g/mol. The number of hydrogen-bond acceptors (Lipinski definition) is 4. The van der Waals surface area contributed by atoms with E-state index < -0.39 is 30.5 Å². The Balaban J connectivity index is 1.89. The largest absolute Gasteiger partial charge is 0.435 e. The summed E-state index contributed by atoms with van der Waals surface area (Å²) in [6.07, 6.45) is 1.72. The summed E-state index contributed by atoms with van der Waals surface area (Å²) in [5, 5.41) is 0. The zero-order chi connectivity index (χ0) is 23.8. The predicted molar refractivity (Wildman–Crippen MR) is 114 cm³/mol. The number of alkyl halides is 3. The average molecular weight is 459 g/mol. The van der Waals surface area contributed by atoms with Crippen LogP contribution in [-0.2, 0) is 16.8 Å². The molecule has 1 aliphatic heterocycles. The highest BCUT2D eigenvalue weighted by molar-refractivity contribution is 6.09. The van der Waals surface area contributed by atoms with Gasteiger partial charge in [-0.3, -0.25) is 14.1 Å². The van der Waals surface area contributed by atoms with Crippen molar-refractivity contribution < 1.29 is 27.1 Å². The fourth-order valence-electron chi connectivity index (χ4n) is 3.75. The second kappa shape index (κ2) is 8.77. The van der Waals surface area contributed by atoms with Crippen molar-refractivity contribution in [2.45, 2.75) is 31.4 Å². The van der Waals surface area contributed by atoms with Crippen LogP contribution < -0.4 is 10.5 Å². The maximum Gasteiger partial charge on any atom is 0.387 e. The molecule has 5 nitrogen and oxygen atoms in total. The highest BCUT2D eigenvalue weighted by Gasteiger charge is 2.50. The van der Waals surface area contributed by atoms with Crippen LogP contribution in [0.5, 0.6) is 5.75 Å². The van der Waals surface area contributed by atoms with Gasteiger partial charge < -0.3 is 10.5 Å². The van der Waals surface area contributed by atoms with Gasteiger partial charge in [-0.25, -0.2) is 9.38 Å². The van der Waals surface area contributed by atoms with Crippen molar-refractivity contribution in [2.75, 3.05) is 13.7 Å². The average Bonchev–Trinajstić information content (AvgIpc) is 3.58. The Morgan fingerprint density at radius 1 is 1.24 bits per heavy atom. The minimum absolute atomic E-state index is 0.0742. The van der Waals surface area contributed by atoms with Crippen LogP contribution in [-0.4, -0.2) is 37.1 Å². The van der Waals surface area contributed by atoms with Gasteiger partial charge in [0, 0.05) is 19.4 Å². The predicted octanol–water partition coefficient (Wildman–Crippen LogP) is 3.73. The molecular formula is C24H21F4N3O2. The van der Waals surface area contributed by atoms with Gasteiger partial charge in [-0.15, -0.1) is 0 Å². The maximum atomic E-state index is 14.5. The summed E-state index contributed by atoms with van der Waals surface area (Å²) >= 11 is 0. The molecule has 0 aromatic heterocycles. The summed E-state index contributed by atoms with van der Waals surface area (Å²) in [5.74, 6) is 4.70. The molecule has 1 heterocycles. The second-order valence-corrected chi connectivity index (χ2v) is 7.92. The van der Waals surface area contributed by atoms with Crippen LogP contribution in [0.25, 0.3) is 0 Å². The molecule has 1 saturated carbocycles. The molecule has 0 spiro atoms. The molecule has 2 N–H and O–H groups in total. The van der Waals surface area contributed by atoms with Crippen LogP contribution in [0.15, 0.2) is 41.4 Å². The first-order chi connectivity index (χ1) is 15.8. The van der Waals surface area contributed by atoms with Crippen molar-refractivity contribution in [1.82, 2.24) is 4.90 Å². The number of halogens is 4. The SMILES string of the molecule is CN1C(=O)[C@](c2ccc(F)c(C#CC3CC3)c2)(c2ccc(OC(F)F)c(CCF)c2)N=C1N. The third-order valence-corrected chi connectivity index (χ3v) is 5.67. The molecule has 0 saturated heterocycles. The van der Waals surface area contributed by atoms with Gasteiger partial charge in [0.25, 0.3) is 5.91 Å². The molecule has 2 aromatic carbocycles. The van der Waals surface area contributed by atoms with E-state index in [0.717, 1.165) is 17.7 Å². The molecule has 0 unspecified atom stereocenters. The number of benzene rings is 2. The summed E-state index contributed by atoms with van der Waals surface area (Å²) in [7, 11) is 1.44. The highest BCUT2D eigenvalue weighted by atomic mass is 19.3. The molecule has 172 valence electrons. The zero-order valence-electron chi connectivity index (χ0n) is 17.7. The number of amides is 1. The van der Waals surface area contributed by atoms with E-state index in [2.05, 4.69) is 21.6 Å². The summed E-state index contributed by atoms with van der Waals surface area (Å²) in [5.41, 5.74) is 5.05. The first kappa shape index (κ1) is 22.6. The number of guanidine groups is 1. The van der Waals surface area contributed by atoms with E-state index in [1.54, 1.807) is 0 Å². The van der Waals surface area contributed by atoms with Gasteiger partial charge in [0.2, 0.25) is 0 Å². The number of likely N-dealkylation sites (N-methyl/N-ethyl adjacent to an activating group) is 1. The Labute approximate surface area is 188 Å². The van der Waals surface area contributed by atoms with Gasteiger partial charge in [-0.05, 0) is 53.8 Å². The molecule has 1 atom stereocenters. The van der Waals surface area contributed by atoms with E-state index in [0.29, 0.717) is 5.56 Å². The summed E-state index contributed by atoms with van der Waals surface area (Å²) < 4.78 is 57.7. The topological polar surface area (TPSA) is 67.9 Å². The van der Waals surface area contributed by atoms with Gasteiger partial charge in [-0.2, -0.15) is 8.78 Å². The van der Waals surface area contributed by atoms with E-state index in [-0.39, 0.29) is 40.7 Å². The van der Waals surface area contributed by atoms with Gasteiger partial charge in [0.1, 0.15) is 11.6 Å². The Hall–Kier alpha value is -3.54. The third kappa shape index (κ3) is 4.25. The number of aliphatic imine (C=N–C) groups is 1. The van der Waals surface area contributed by atoms with Crippen molar-refractivity contribution in [1.29, 1.82) is 0 Å². The Morgan fingerprint density at radius 2 is 1.94 bits per heavy atom.